The molecule has 1 aliphatic heterocycles. The van der Waals surface area contributed by atoms with E-state index >= 15 is 0 Å². The molecular weight excluding hydrogens is 318 g/mol. The Morgan fingerprint density at radius 3 is 2.64 bits per heavy atom. The lowest BCUT2D eigenvalue weighted by Crippen LogP contribution is -2.37. The van der Waals surface area contributed by atoms with E-state index in [-0.39, 0.29) is 30.5 Å². The topological polar surface area (TPSA) is 70.6 Å². The van der Waals surface area contributed by atoms with Crippen LogP contribution in [0.25, 0.3) is 0 Å². The van der Waals surface area contributed by atoms with Crippen LogP contribution in [0.5, 0.6) is 0 Å². The molecule has 6 nitrogen and oxygen atoms in total. The molecule has 128 valence electrons. The van der Waals surface area contributed by atoms with Crippen molar-refractivity contribution in [2.45, 2.75) is 20.3 Å². The Morgan fingerprint density at radius 1 is 1.16 bits per heavy atom. The van der Waals surface area contributed by atoms with Gasteiger partial charge >= 0.3 is 0 Å². The highest BCUT2D eigenvalue weighted by Crippen LogP contribution is 2.21. The number of benzene rings is 1. The Kier molecular flexibility index (Phi) is 4.61. The van der Waals surface area contributed by atoms with Crippen molar-refractivity contribution in [2.75, 3.05) is 18.0 Å². The summed E-state index contributed by atoms with van der Waals surface area (Å²) in [5, 5.41) is 0. The number of anilines is 1. The van der Waals surface area contributed by atoms with Crippen molar-refractivity contribution in [3.8, 4) is 0 Å². The zero-order valence-electron chi connectivity index (χ0n) is 14.2. The highest BCUT2D eigenvalue weighted by Gasteiger charge is 2.36. The van der Waals surface area contributed by atoms with E-state index < -0.39 is 5.91 Å². The fourth-order valence-corrected chi connectivity index (χ4v) is 2.96. The molecule has 3 rings (SSSR count). The number of aromatic nitrogens is 1. The molecule has 0 spiro atoms. The average molecular weight is 337 g/mol. The number of aryl methyl sites for hydroxylation is 1. The zero-order chi connectivity index (χ0) is 18.0. The van der Waals surface area contributed by atoms with E-state index in [0.29, 0.717) is 12.1 Å². The van der Waals surface area contributed by atoms with Gasteiger partial charge in [-0.25, -0.2) is 0 Å². The van der Waals surface area contributed by atoms with Crippen molar-refractivity contribution in [2.24, 2.45) is 0 Å². The summed E-state index contributed by atoms with van der Waals surface area (Å²) in [6.45, 7) is 4.43. The van der Waals surface area contributed by atoms with Crippen molar-refractivity contribution in [3.63, 3.8) is 0 Å². The third-order valence-electron chi connectivity index (χ3n) is 4.21. The van der Waals surface area contributed by atoms with E-state index in [9.17, 15) is 14.4 Å². The Labute approximate surface area is 146 Å². The lowest BCUT2D eigenvalue weighted by molar-refractivity contribution is -0.118. The summed E-state index contributed by atoms with van der Waals surface area (Å²) in [6, 6.07) is 10.9. The van der Waals surface area contributed by atoms with E-state index in [1.54, 1.807) is 17.0 Å². The van der Waals surface area contributed by atoms with E-state index in [1.807, 2.05) is 38.1 Å². The SMILES string of the molecule is CCN(C(=O)CCN1C(=O)c2cccnc2C1=O)c1cccc(C)c1. The molecule has 0 atom stereocenters. The summed E-state index contributed by atoms with van der Waals surface area (Å²) >= 11 is 0. The number of imide groups is 1. The van der Waals surface area contributed by atoms with Crippen LogP contribution in [0.4, 0.5) is 5.69 Å². The Morgan fingerprint density at radius 2 is 1.96 bits per heavy atom. The molecule has 0 unspecified atom stereocenters. The molecule has 0 saturated carbocycles. The number of rotatable bonds is 5. The van der Waals surface area contributed by atoms with E-state index in [1.165, 1.54) is 6.20 Å². The molecule has 25 heavy (non-hydrogen) atoms. The summed E-state index contributed by atoms with van der Waals surface area (Å²) < 4.78 is 0. The maximum absolute atomic E-state index is 12.6. The lowest BCUT2D eigenvalue weighted by Gasteiger charge is -2.22. The fraction of sp³-hybridized carbons (Fsp3) is 0.263. The monoisotopic (exact) mass is 337 g/mol. The van der Waals surface area contributed by atoms with Gasteiger partial charge in [-0.3, -0.25) is 24.3 Å². The molecule has 0 saturated heterocycles. The summed E-state index contributed by atoms with van der Waals surface area (Å²) in [6.07, 6.45) is 1.56. The van der Waals surface area contributed by atoms with Crippen molar-refractivity contribution < 1.29 is 14.4 Å². The molecule has 6 heteroatoms. The molecule has 1 aromatic carbocycles. The molecule has 2 heterocycles. The van der Waals surface area contributed by atoms with Crippen LogP contribution in [0.2, 0.25) is 0 Å². The second-order valence-electron chi connectivity index (χ2n) is 5.89. The molecule has 0 bridgehead atoms. The summed E-state index contributed by atoms with van der Waals surface area (Å²) in [5.41, 5.74) is 2.34. The molecule has 2 aromatic rings. The van der Waals surface area contributed by atoms with E-state index in [0.717, 1.165) is 16.2 Å². The van der Waals surface area contributed by atoms with E-state index in [4.69, 9.17) is 0 Å². The second-order valence-corrected chi connectivity index (χ2v) is 5.89. The first-order valence-electron chi connectivity index (χ1n) is 8.21. The van der Waals surface area contributed by atoms with Crippen molar-refractivity contribution in [1.29, 1.82) is 0 Å². The highest BCUT2D eigenvalue weighted by molar-refractivity contribution is 6.20. The third-order valence-corrected chi connectivity index (χ3v) is 4.21. The van der Waals surface area contributed by atoms with Gasteiger partial charge in [0.2, 0.25) is 5.91 Å². The normalized spacial score (nSPS) is 13.1. The molecule has 0 aliphatic carbocycles. The predicted octanol–water partition coefficient (Wildman–Crippen LogP) is 2.43. The first kappa shape index (κ1) is 16.8. The van der Waals surface area contributed by atoms with Gasteiger partial charge in [-0.15, -0.1) is 0 Å². The van der Waals surface area contributed by atoms with Gasteiger partial charge in [0.25, 0.3) is 11.8 Å². The number of nitrogens with zero attached hydrogens (tertiary/aromatic N) is 3. The second kappa shape index (κ2) is 6.84. The minimum absolute atomic E-state index is 0.0508. The third kappa shape index (κ3) is 3.15. The first-order valence-corrected chi connectivity index (χ1v) is 8.21. The van der Waals surface area contributed by atoms with Gasteiger partial charge in [0.15, 0.2) is 0 Å². The minimum atomic E-state index is -0.438. The van der Waals surface area contributed by atoms with Crippen LogP contribution >= 0.6 is 0 Å². The van der Waals surface area contributed by atoms with Gasteiger partial charge in [0.1, 0.15) is 5.69 Å². The average Bonchev–Trinajstić information content (AvgIpc) is 2.85. The molecule has 0 radical (unpaired) electrons. The van der Waals surface area contributed by atoms with Gasteiger partial charge in [0.05, 0.1) is 5.56 Å². The smallest absolute Gasteiger partial charge is 0.280 e. The van der Waals surface area contributed by atoms with Gasteiger partial charge in [-0.05, 0) is 43.7 Å². The molecule has 1 aliphatic rings. The van der Waals surface area contributed by atoms with Crippen LogP contribution < -0.4 is 4.90 Å². The maximum Gasteiger partial charge on any atom is 0.280 e. The molecule has 0 N–H and O–H groups in total. The number of fused-ring (bicyclic) bond motifs is 1. The fourth-order valence-electron chi connectivity index (χ4n) is 2.96. The van der Waals surface area contributed by atoms with Gasteiger partial charge in [-0.2, -0.15) is 0 Å². The Balaban J connectivity index is 1.70. The minimum Gasteiger partial charge on any atom is -0.313 e. The summed E-state index contributed by atoms with van der Waals surface area (Å²) in [7, 11) is 0. The van der Waals surface area contributed by atoms with Crippen LogP contribution in [0.1, 0.15) is 39.8 Å². The standard InChI is InChI=1S/C19H19N3O3/c1-3-21(14-7-4-6-13(2)12-14)16(23)9-11-22-18(24)15-8-5-10-20-17(15)19(22)25/h4-8,10,12H,3,9,11H2,1-2H3. The van der Waals surface area contributed by atoms with Crippen LogP contribution in [0, 0.1) is 6.92 Å². The van der Waals surface area contributed by atoms with Gasteiger partial charge in [0, 0.05) is 31.4 Å². The van der Waals surface area contributed by atoms with Crippen LogP contribution in [-0.4, -0.2) is 40.7 Å². The van der Waals surface area contributed by atoms with Gasteiger partial charge < -0.3 is 4.90 Å². The number of hydrogen-bond acceptors (Lipinski definition) is 4. The lowest BCUT2D eigenvalue weighted by atomic mass is 10.2. The summed E-state index contributed by atoms with van der Waals surface area (Å²) in [5.74, 6) is -0.955. The van der Waals surface area contributed by atoms with Gasteiger partial charge in [-0.1, -0.05) is 12.1 Å². The highest BCUT2D eigenvalue weighted by atomic mass is 16.2. The number of hydrogen-bond donors (Lipinski definition) is 0. The summed E-state index contributed by atoms with van der Waals surface area (Å²) in [4.78, 5) is 43.9. The van der Waals surface area contributed by atoms with Crippen LogP contribution in [-0.2, 0) is 4.79 Å². The van der Waals surface area contributed by atoms with Crippen LogP contribution in [0.3, 0.4) is 0 Å². The quantitative estimate of drug-likeness (QED) is 0.786. The number of carbonyl (C=O) groups is 3. The Hall–Kier alpha value is -3.02. The van der Waals surface area contributed by atoms with Crippen molar-refractivity contribution >= 4 is 23.4 Å². The zero-order valence-corrected chi connectivity index (χ0v) is 14.2. The molecule has 3 amide bonds. The van der Waals surface area contributed by atoms with Crippen LogP contribution in [0.15, 0.2) is 42.6 Å². The molecule has 0 fully saturated rings. The van der Waals surface area contributed by atoms with Crippen molar-refractivity contribution in [3.05, 3.63) is 59.4 Å². The Bertz CT molecular complexity index is 812. The van der Waals surface area contributed by atoms with Crippen molar-refractivity contribution in [1.82, 2.24) is 9.88 Å². The largest absolute Gasteiger partial charge is 0.313 e. The first-order chi connectivity index (χ1) is 12.0. The number of pyridine rings is 1. The predicted molar refractivity (Wildman–Crippen MR) is 93.4 cm³/mol. The maximum atomic E-state index is 12.6. The molecule has 1 aromatic heterocycles. The number of carbonyl (C=O) groups excluding carboxylic acids is 3. The number of amides is 3. The molecular formula is C19H19N3O3. The van der Waals surface area contributed by atoms with E-state index in [2.05, 4.69) is 4.98 Å².